The van der Waals surface area contributed by atoms with Crippen molar-refractivity contribution in [2.24, 2.45) is 0 Å². The number of urea groups is 1. The molecule has 0 aliphatic carbocycles. The minimum absolute atomic E-state index is 0.0764. The van der Waals surface area contributed by atoms with Gasteiger partial charge in [-0.15, -0.1) is 0 Å². The fourth-order valence-corrected chi connectivity index (χ4v) is 2.68. The van der Waals surface area contributed by atoms with E-state index < -0.39 is 23.9 Å². The van der Waals surface area contributed by atoms with E-state index in [9.17, 15) is 14.4 Å². The maximum atomic E-state index is 12.5. The lowest BCUT2D eigenvalue weighted by atomic mass is 10.1. The van der Waals surface area contributed by atoms with Crippen molar-refractivity contribution in [3.8, 4) is 5.75 Å². The molecule has 1 aromatic heterocycles. The maximum Gasteiger partial charge on any atom is 0.325 e. The van der Waals surface area contributed by atoms with Crippen molar-refractivity contribution in [3.63, 3.8) is 0 Å². The minimum Gasteiger partial charge on any atom is -0.496 e. The molecule has 4 amide bonds. The number of imide groups is 1. The van der Waals surface area contributed by atoms with Gasteiger partial charge in [-0.2, -0.15) is 0 Å². The minimum atomic E-state index is -0.902. The number of ether oxygens (including phenoxy) is 1. The SMILES string of the molecule is COc1ccccc1CN1C(=O)NC(CC(=O)Nc2ccccn2)C1=O. The zero-order valence-corrected chi connectivity index (χ0v) is 14.1. The van der Waals surface area contributed by atoms with Gasteiger partial charge in [0.05, 0.1) is 20.1 Å². The summed E-state index contributed by atoms with van der Waals surface area (Å²) < 4.78 is 5.24. The van der Waals surface area contributed by atoms with Gasteiger partial charge in [0.1, 0.15) is 17.6 Å². The quantitative estimate of drug-likeness (QED) is 0.767. The molecular formula is C18H18N4O4. The summed E-state index contributed by atoms with van der Waals surface area (Å²) in [6.07, 6.45) is 1.39. The van der Waals surface area contributed by atoms with Crippen LogP contribution in [0.3, 0.4) is 0 Å². The molecule has 1 aliphatic rings. The molecule has 0 saturated carbocycles. The number of hydrogen-bond donors (Lipinski definition) is 2. The van der Waals surface area contributed by atoms with Crippen molar-refractivity contribution < 1.29 is 19.1 Å². The molecule has 1 fully saturated rings. The van der Waals surface area contributed by atoms with E-state index in [1.54, 1.807) is 48.7 Å². The lowest BCUT2D eigenvalue weighted by Crippen LogP contribution is -2.34. The second kappa shape index (κ2) is 7.64. The summed E-state index contributed by atoms with van der Waals surface area (Å²) in [5, 5.41) is 5.14. The first-order chi connectivity index (χ1) is 12.6. The van der Waals surface area contributed by atoms with Crippen LogP contribution in [0.25, 0.3) is 0 Å². The summed E-state index contributed by atoms with van der Waals surface area (Å²) in [6, 6.07) is 10.8. The third-order valence-electron chi connectivity index (χ3n) is 3.95. The highest BCUT2D eigenvalue weighted by atomic mass is 16.5. The number of aromatic nitrogens is 1. The van der Waals surface area contributed by atoms with Crippen LogP contribution in [0, 0.1) is 0 Å². The first kappa shape index (κ1) is 17.4. The molecule has 0 spiro atoms. The number of carbonyl (C=O) groups excluding carboxylic acids is 3. The van der Waals surface area contributed by atoms with Crippen molar-refractivity contribution in [2.45, 2.75) is 19.0 Å². The molecule has 26 heavy (non-hydrogen) atoms. The molecule has 1 saturated heterocycles. The Balaban J connectivity index is 1.64. The lowest BCUT2D eigenvalue weighted by molar-refractivity contribution is -0.130. The normalized spacial score (nSPS) is 16.3. The van der Waals surface area contributed by atoms with Crippen LogP contribution < -0.4 is 15.4 Å². The van der Waals surface area contributed by atoms with E-state index in [0.717, 1.165) is 4.90 Å². The van der Waals surface area contributed by atoms with E-state index in [-0.39, 0.29) is 13.0 Å². The van der Waals surface area contributed by atoms with E-state index in [0.29, 0.717) is 17.1 Å². The molecule has 1 aromatic carbocycles. The van der Waals surface area contributed by atoms with Crippen LogP contribution in [0.2, 0.25) is 0 Å². The predicted molar refractivity (Wildman–Crippen MR) is 93.3 cm³/mol. The van der Waals surface area contributed by atoms with Gasteiger partial charge in [-0.05, 0) is 18.2 Å². The molecule has 1 unspecified atom stereocenters. The van der Waals surface area contributed by atoms with Gasteiger partial charge in [-0.25, -0.2) is 9.78 Å². The van der Waals surface area contributed by atoms with Gasteiger partial charge in [-0.1, -0.05) is 24.3 Å². The molecule has 2 heterocycles. The summed E-state index contributed by atoms with van der Waals surface area (Å²) >= 11 is 0. The van der Waals surface area contributed by atoms with Gasteiger partial charge in [0.2, 0.25) is 5.91 Å². The van der Waals surface area contributed by atoms with Crippen LogP contribution >= 0.6 is 0 Å². The number of nitrogens with one attached hydrogen (secondary N) is 2. The van der Waals surface area contributed by atoms with Crippen molar-refractivity contribution in [1.29, 1.82) is 0 Å². The fourth-order valence-electron chi connectivity index (χ4n) is 2.68. The first-order valence-electron chi connectivity index (χ1n) is 8.03. The summed E-state index contributed by atoms with van der Waals surface area (Å²) in [7, 11) is 1.52. The second-order valence-electron chi connectivity index (χ2n) is 5.71. The fraction of sp³-hybridized carbons (Fsp3) is 0.222. The molecule has 2 aromatic rings. The monoisotopic (exact) mass is 354 g/mol. The van der Waals surface area contributed by atoms with Crippen molar-refractivity contribution in [1.82, 2.24) is 15.2 Å². The molecule has 0 bridgehead atoms. The van der Waals surface area contributed by atoms with Crippen molar-refractivity contribution >= 4 is 23.7 Å². The Morgan fingerprint density at radius 1 is 1.23 bits per heavy atom. The predicted octanol–water partition coefficient (Wildman–Crippen LogP) is 1.54. The molecule has 8 heteroatoms. The topological polar surface area (TPSA) is 101 Å². The average Bonchev–Trinajstić information content (AvgIpc) is 2.90. The molecule has 134 valence electrons. The number of amides is 4. The van der Waals surface area contributed by atoms with E-state index in [1.165, 1.54) is 7.11 Å². The Labute approximate surface area is 150 Å². The number of anilines is 1. The van der Waals surface area contributed by atoms with Crippen LogP contribution in [0.1, 0.15) is 12.0 Å². The van der Waals surface area contributed by atoms with Crippen LogP contribution in [-0.4, -0.2) is 40.9 Å². The Hall–Kier alpha value is -3.42. The van der Waals surface area contributed by atoms with Crippen LogP contribution in [0.5, 0.6) is 5.75 Å². The Kier molecular flexibility index (Phi) is 5.12. The van der Waals surface area contributed by atoms with Gasteiger partial charge < -0.3 is 15.4 Å². The second-order valence-corrected chi connectivity index (χ2v) is 5.71. The van der Waals surface area contributed by atoms with Crippen molar-refractivity contribution in [3.05, 3.63) is 54.2 Å². The molecule has 8 nitrogen and oxygen atoms in total. The Morgan fingerprint density at radius 3 is 2.73 bits per heavy atom. The molecular weight excluding hydrogens is 336 g/mol. The van der Waals surface area contributed by atoms with E-state index in [2.05, 4.69) is 15.6 Å². The largest absolute Gasteiger partial charge is 0.496 e. The third-order valence-corrected chi connectivity index (χ3v) is 3.95. The summed E-state index contributed by atoms with van der Waals surface area (Å²) in [5.41, 5.74) is 0.706. The Morgan fingerprint density at radius 2 is 2.00 bits per heavy atom. The highest BCUT2D eigenvalue weighted by Crippen LogP contribution is 2.22. The summed E-state index contributed by atoms with van der Waals surface area (Å²) in [4.78, 5) is 41.8. The van der Waals surface area contributed by atoms with Crippen LogP contribution in [0.15, 0.2) is 48.7 Å². The zero-order chi connectivity index (χ0) is 18.5. The number of carbonyl (C=O) groups is 3. The maximum absolute atomic E-state index is 12.5. The molecule has 0 radical (unpaired) electrons. The molecule has 3 rings (SSSR count). The van der Waals surface area contributed by atoms with Gasteiger partial charge in [0, 0.05) is 11.8 Å². The number of methoxy groups -OCH3 is 1. The van der Waals surface area contributed by atoms with Gasteiger partial charge >= 0.3 is 6.03 Å². The number of hydrogen-bond acceptors (Lipinski definition) is 5. The van der Waals surface area contributed by atoms with Crippen LogP contribution in [0.4, 0.5) is 10.6 Å². The average molecular weight is 354 g/mol. The number of pyridine rings is 1. The van der Waals surface area contributed by atoms with E-state index in [4.69, 9.17) is 4.74 Å². The van der Waals surface area contributed by atoms with Gasteiger partial charge in [0.15, 0.2) is 0 Å². The third kappa shape index (κ3) is 3.80. The molecule has 1 atom stereocenters. The summed E-state index contributed by atoms with van der Waals surface area (Å²) in [6.45, 7) is 0.0764. The smallest absolute Gasteiger partial charge is 0.325 e. The van der Waals surface area contributed by atoms with Gasteiger partial charge in [-0.3, -0.25) is 14.5 Å². The number of rotatable bonds is 6. The van der Waals surface area contributed by atoms with Crippen LogP contribution in [-0.2, 0) is 16.1 Å². The number of benzene rings is 1. The first-order valence-corrected chi connectivity index (χ1v) is 8.03. The number of nitrogens with zero attached hydrogens (tertiary/aromatic N) is 2. The number of para-hydroxylation sites is 1. The molecule has 1 aliphatic heterocycles. The van der Waals surface area contributed by atoms with Gasteiger partial charge in [0.25, 0.3) is 5.91 Å². The standard InChI is InChI=1S/C18H18N4O4/c1-26-14-7-3-2-6-12(14)11-22-17(24)13(20-18(22)25)10-16(23)21-15-8-4-5-9-19-15/h2-9,13H,10-11H2,1H3,(H,20,25)(H,19,21,23). The highest BCUT2D eigenvalue weighted by molar-refractivity contribution is 6.06. The summed E-state index contributed by atoms with van der Waals surface area (Å²) in [5.74, 6) is 0.128. The van der Waals surface area contributed by atoms with E-state index >= 15 is 0 Å². The highest BCUT2D eigenvalue weighted by Gasteiger charge is 2.39. The van der Waals surface area contributed by atoms with Crippen molar-refractivity contribution in [2.75, 3.05) is 12.4 Å². The Bertz CT molecular complexity index is 825. The lowest BCUT2D eigenvalue weighted by Gasteiger charge is -2.15. The zero-order valence-electron chi connectivity index (χ0n) is 14.1. The molecule has 2 N–H and O–H groups in total. The van der Waals surface area contributed by atoms with E-state index in [1.807, 2.05) is 0 Å².